The summed E-state index contributed by atoms with van der Waals surface area (Å²) in [6, 6.07) is 19.8. The lowest BCUT2D eigenvalue weighted by molar-refractivity contribution is -0.139. The molecular formula is C31H39N3O5S. The zero-order valence-electron chi connectivity index (χ0n) is 24.0. The number of sulfonamides is 1. The number of nitrogens with one attached hydrogen (secondary N) is 1. The maximum Gasteiger partial charge on any atom is 0.264 e. The third-order valence-electron chi connectivity index (χ3n) is 6.95. The van der Waals surface area contributed by atoms with Crippen LogP contribution in [0.4, 0.5) is 5.69 Å². The normalized spacial score (nSPS) is 12.8. The van der Waals surface area contributed by atoms with E-state index in [0.29, 0.717) is 17.0 Å². The second-order valence-electron chi connectivity index (χ2n) is 9.97. The average molecular weight is 566 g/mol. The van der Waals surface area contributed by atoms with Crippen LogP contribution in [0.3, 0.4) is 0 Å². The lowest BCUT2D eigenvalue weighted by atomic mass is 10.1. The Morgan fingerprint density at radius 1 is 0.925 bits per heavy atom. The molecule has 0 unspecified atom stereocenters. The van der Waals surface area contributed by atoms with Crippen LogP contribution in [0.2, 0.25) is 0 Å². The van der Waals surface area contributed by atoms with Gasteiger partial charge in [-0.1, -0.05) is 55.0 Å². The summed E-state index contributed by atoms with van der Waals surface area (Å²) in [5.41, 5.74) is 2.80. The molecule has 0 spiro atoms. The number of anilines is 1. The van der Waals surface area contributed by atoms with Crippen LogP contribution >= 0.6 is 0 Å². The molecule has 0 saturated heterocycles. The van der Waals surface area contributed by atoms with Crippen molar-refractivity contribution in [1.29, 1.82) is 0 Å². The quantitative estimate of drug-likeness (QED) is 0.339. The number of carbonyl (C=O) groups is 2. The molecule has 0 heterocycles. The van der Waals surface area contributed by atoms with Gasteiger partial charge in [-0.15, -0.1) is 0 Å². The van der Waals surface area contributed by atoms with E-state index in [1.165, 1.54) is 17.0 Å². The van der Waals surface area contributed by atoms with Crippen LogP contribution in [0.15, 0.2) is 77.7 Å². The fourth-order valence-electron chi connectivity index (χ4n) is 4.17. The monoisotopic (exact) mass is 565 g/mol. The Morgan fingerprint density at radius 3 is 2.12 bits per heavy atom. The van der Waals surface area contributed by atoms with Gasteiger partial charge in [0.2, 0.25) is 11.8 Å². The van der Waals surface area contributed by atoms with E-state index in [0.717, 1.165) is 21.9 Å². The topological polar surface area (TPSA) is 96.0 Å². The van der Waals surface area contributed by atoms with Gasteiger partial charge in [-0.3, -0.25) is 13.9 Å². The highest BCUT2D eigenvalue weighted by molar-refractivity contribution is 7.92. The van der Waals surface area contributed by atoms with Gasteiger partial charge in [-0.2, -0.15) is 0 Å². The number of rotatable bonds is 12. The maximum atomic E-state index is 14.0. The highest BCUT2D eigenvalue weighted by Gasteiger charge is 2.33. The minimum Gasteiger partial charge on any atom is -0.497 e. The summed E-state index contributed by atoms with van der Waals surface area (Å²) in [4.78, 5) is 28.7. The SMILES string of the molecule is CC[C@@H](C)NC(=O)[C@@H](C)N(Cc1ccc(OC)cc1)C(=O)CN(c1ccccc1C)S(=O)(=O)c1ccc(C)cc1. The van der Waals surface area contributed by atoms with Crippen molar-refractivity contribution < 1.29 is 22.7 Å². The number of benzene rings is 3. The fraction of sp³-hybridized carbons (Fsp3) is 0.355. The predicted octanol–water partition coefficient (Wildman–Crippen LogP) is 4.84. The molecule has 0 aliphatic heterocycles. The van der Waals surface area contributed by atoms with E-state index < -0.39 is 28.5 Å². The number of hydrogen-bond acceptors (Lipinski definition) is 5. The molecule has 1 N–H and O–H groups in total. The van der Waals surface area contributed by atoms with Crippen LogP contribution in [0.25, 0.3) is 0 Å². The number of amides is 2. The molecule has 2 amide bonds. The third kappa shape index (κ3) is 7.41. The van der Waals surface area contributed by atoms with E-state index in [1.807, 2.05) is 39.0 Å². The number of hydrogen-bond donors (Lipinski definition) is 1. The Hall–Kier alpha value is -3.85. The molecule has 3 aromatic rings. The molecule has 0 bridgehead atoms. The molecule has 0 radical (unpaired) electrons. The highest BCUT2D eigenvalue weighted by Crippen LogP contribution is 2.27. The Morgan fingerprint density at radius 2 is 1.55 bits per heavy atom. The second kappa shape index (κ2) is 13.5. The number of ether oxygens (including phenoxy) is 1. The number of methoxy groups -OCH3 is 1. The van der Waals surface area contributed by atoms with Crippen molar-refractivity contribution in [2.45, 2.75) is 64.6 Å². The minimum absolute atomic E-state index is 0.0710. The van der Waals surface area contributed by atoms with E-state index in [9.17, 15) is 18.0 Å². The lowest BCUT2D eigenvalue weighted by Crippen LogP contribution is -2.52. The first-order valence-electron chi connectivity index (χ1n) is 13.4. The summed E-state index contributed by atoms with van der Waals surface area (Å²) < 4.78 is 34.2. The minimum atomic E-state index is -4.10. The summed E-state index contributed by atoms with van der Waals surface area (Å²) in [6.07, 6.45) is 0.737. The van der Waals surface area contributed by atoms with Gasteiger partial charge in [-0.25, -0.2) is 8.42 Å². The number of nitrogens with zero attached hydrogens (tertiary/aromatic N) is 2. The van der Waals surface area contributed by atoms with Crippen LogP contribution in [0.5, 0.6) is 5.75 Å². The zero-order valence-corrected chi connectivity index (χ0v) is 24.9. The first-order valence-corrected chi connectivity index (χ1v) is 14.8. The molecule has 3 rings (SSSR count). The first kappa shape index (κ1) is 30.7. The van der Waals surface area contributed by atoms with Crippen LogP contribution in [-0.2, 0) is 26.2 Å². The lowest BCUT2D eigenvalue weighted by Gasteiger charge is -2.33. The average Bonchev–Trinajstić information content (AvgIpc) is 2.95. The molecule has 3 aromatic carbocycles. The second-order valence-corrected chi connectivity index (χ2v) is 11.8. The van der Waals surface area contributed by atoms with Gasteiger partial charge in [0.25, 0.3) is 10.0 Å². The van der Waals surface area contributed by atoms with Gasteiger partial charge >= 0.3 is 0 Å². The summed E-state index contributed by atoms with van der Waals surface area (Å²) in [6.45, 7) is 8.84. The molecule has 0 aromatic heterocycles. The van der Waals surface area contributed by atoms with Crippen LogP contribution < -0.4 is 14.4 Å². The zero-order chi connectivity index (χ0) is 29.4. The van der Waals surface area contributed by atoms with E-state index in [-0.39, 0.29) is 23.4 Å². The third-order valence-corrected chi connectivity index (χ3v) is 8.73. The summed E-state index contributed by atoms with van der Waals surface area (Å²) in [7, 11) is -2.53. The Kier molecular flexibility index (Phi) is 10.3. The van der Waals surface area contributed by atoms with Gasteiger partial charge in [0, 0.05) is 12.6 Å². The standard InChI is InChI=1S/C31H39N3O5S/c1-7-24(4)32-31(36)25(5)33(20-26-14-16-27(39-6)17-15-26)30(35)21-34(29-11-9-8-10-23(29)3)40(37,38)28-18-12-22(2)13-19-28/h8-19,24-25H,7,20-21H2,1-6H3,(H,32,36)/t24-,25-/m1/s1. The van der Waals surface area contributed by atoms with Gasteiger partial charge in [0.15, 0.2) is 0 Å². The van der Waals surface area contributed by atoms with Gasteiger partial charge in [0.1, 0.15) is 18.3 Å². The van der Waals surface area contributed by atoms with Crippen molar-refractivity contribution in [3.8, 4) is 5.75 Å². The first-order chi connectivity index (χ1) is 19.0. The van der Waals surface area contributed by atoms with Crippen LogP contribution in [-0.4, -0.2) is 50.9 Å². The van der Waals surface area contributed by atoms with Crippen molar-refractivity contribution in [2.75, 3.05) is 18.0 Å². The van der Waals surface area contributed by atoms with Crippen molar-refractivity contribution in [1.82, 2.24) is 10.2 Å². The Balaban J connectivity index is 2.03. The van der Waals surface area contributed by atoms with Crippen molar-refractivity contribution in [2.24, 2.45) is 0 Å². The highest BCUT2D eigenvalue weighted by atomic mass is 32.2. The molecule has 0 saturated carbocycles. The molecule has 0 aliphatic rings. The molecule has 8 nitrogen and oxygen atoms in total. The molecule has 0 fully saturated rings. The fourth-order valence-corrected chi connectivity index (χ4v) is 5.65. The van der Waals surface area contributed by atoms with E-state index in [4.69, 9.17) is 4.74 Å². The van der Waals surface area contributed by atoms with Crippen LogP contribution in [0.1, 0.15) is 43.9 Å². The Labute approximate surface area is 238 Å². The van der Waals surface area contributed by atoms with Crippen molar-refractivity contribution in [3.63, 3.8) is 0 Å². The molecule has 2 atom stereocenters. The molecule has 40 heavy (non-hydrogen) atoms. The maximum absolute atomic E-state index is 14.0. The molecule has 214 valence electrons. The number of para-hydroxylation sites is 1. The van der Waals surface area contributed by atoms with E-state index >= 15 is 0 Å². The molecule has 0 aliphatic carbocycles. The smallest absolute Gasteiger partial charge is 0.264 e. The Bertz CT molecular complexity index is 1410. The summed E-state index contributed by atoms with van der Waals surface area (Å²) in [5, 5.41) is 2.94. The van der Waals surface area contributed by atoms with Gasteiger partial charge < -0.3 is 15.0 Å². The predicted molar refractivity (Wildman–Crippen MR) is 158 cm³/mol. The van der Waals surface area contributed by atoms with Crippen LogP contribution in [0, 0.1) is 13.8 Å². The van der Waals surface area contributed by atoms with Gasteiger partial charge in [0.05, 0.1) is 17.7 Å². The molecular weight excluding hydrogens is 526 g/mol. The number of carbonyl (C=O) groups excluding carboxylic acids is 2. The van der Waals surface area contributed by atoms with E-state index in [2.05, 4.69) is 5.32 Å². The van der Waals surface area contributed by atoms with Crippen molar-refractivity contribution in [3.05, 3.63) is 89.5 Å². The number of aryl methyl sites for hydroxylation is 2. The van der Waals surface area contributed by atoms with Crippen molar-refractivity contribution >= 4 is 27.5 Å². The molecule has 9 heteroatoms. The van der Waals surface area contributed by atoms with Gasteiger partial charge in [-0.05, 0) is 75.6 Å². The van der Waals surface area contributed by atoms with E-state index in [1.54, 1.807) is 63.4 Å². The summed E-state index contributed by atoms with van der Waals surface area (Å²) in [5.74, 6) is -0.138. The largest absolute Gasteiger partial charge is 0.497 e. The summed E-state index contributed by atoms with van der Waals surface area (Å²) >= 11 is 0.